The third-order valence-electron chi connectivity index (χ3n) is 6.33. The molecular formula is C24H26F4N6O3S2. The Balaban J connectivity index is 1.35. The van der Waals surface area contributed by atoms with Crippen molar-refractivity contribution in [1.82, 2.24) is 25.1 Å². The topological polar surface area (TPSA) is 124 Å². The molecule has 3 aromatic rings. The summed E-state index contributed by atoms with van der Waals surface area (Å²) in [5.74, 6) is -0.403. The Hall–Kier alpha value is -3.04. The number of rotatable bonds is 8. The maximum Gasteiger partial charge on any atom is 0.416 e. The number of benzene rings is 2. The highest BCUT2D eigenvalue weighted by atomic mass is 32.2. The molecule has 9 nitrogen and oxygen atoms in total. The molecule has 1 saturated heterocycles. The standard InChI is InChI=1S/C24H26F4N6O3S2/c1-15-30-32-34(31-15)14-17-12-18(24(26,27)28)4-2-16(17)3-7-23(35)33-10-8-19(9-11-33)38-22-6-5-20(13-21(22)25)39(29,36)37/h2,4-6,12-13,19H,3,7-11,14H2,1H3,(H2,29,36,37). The van der Waals surface area contributed by atoms with Crippen LogP contribution >= 0.6 is 11.8 Å². The van der Waals surface area contributed by atoms with Gasteiger partial charge in [-0.3, -0.25) is 4.79 Å². The summed E-state index contributed by atoms with van der Waals surface area (Å²) in [6.07, 6.45) is -2.94. The average Bonchev–Trinajstić information content (AvgIpc) is 3.27. The first-order valence-electron chi connectivity index (χ1n) is 12.0. The van der Waals surface area contributed by atoms with Crippen molar-refractivity contribution < 1.29 is 30.8 Å². The number of amides is 1. The maximum absolute atomic E-state index is 14.4. The van der Waals surface area contributed by atoms with E-state index in [1.165, 1.54) is 34.8 Å². The van der Waals surface area contributed by atoms with E-state index in [0.717, 1.165) is 18.2 Å². The van der Waals surface area contributed by atoms with Crippen molar-refractivity contribution in [2.75, 3.05) is 13.1 Å². The van der Waals surface area contributed by atoms with Crippen LogP contribution in [0.3, 0.4) is 0 Å². The van der Waals surface area contributed by atoms with Gasteiger partial charge in [-0.25, -0.2) is 17.9 Å². The molecule has 4 rings (SSSR count). The number of aryl methyl sites for hydroxylation is 2. The third kappa shape index (κ3) is 7.54. The largest absolute Gasteiger partial charge is 0.416 e. The molecule has 210 valence electrons. The molecule has 2 N–H and O–H groups in total. The van der Waals surface area contributed by atoms with Gasteiger partial charge in [-0.05, 0) is 72.9 Å². The predicted molar refractivity (Wildman–Crippen MR) is 135 cm³/mol. The molecule has 1 fully saturated rings. The van der Waals surface area contributed by atoms with Gasteiger partial charge in [-0.1, -0.05) is 6.07 Å². The molecule has 39 heavy (non-hydrogen) atoms. The van der Waals surface area contributed by atoms with Crippen molar-refractivity contribution in [1.29, 1.82) is 0 Å². The summed E-state index contributed by atoms with van der Waals surface area (Å²) in [6.45, 7) is 2.52. The van der Waals surface area contributed by atoms with Crippen molar-refractivity contribution in [3.8, 4) is 0 Å². The molecule has 0 aliphatic carbocycles. The van der Waals surface area contributed by atoms with Crippen LogP contribution in [-0.4, -0.2) is 57.8 Å². The zero-order valence-electron chi connectivity index (χ0n) is 20.9. The lowest BCUT2D eigenvalue weighted by Crippen LogP contribution is -2.39. The molecule has 0 atom stereocenters. The van der Waals surface area contributed by atoms with Crippen LogP contribution in [0.15, 0.2) is 46.2 Å². The highest BCUT2D eigenvalue weighted by Crippen LogP contribution is 2.34. The number of piperidine rings is 1. The monoisotopic (exact) mass is 586 g/mol. The number of alkyl halides is 3. The normalized spacial score (nSPS) is 15.1. The van der Waals surface area contributed by atoms with Crippen LogP contribution in [0, 0.1) is 12.7 Å². The fourth-order valence-electron chi connectivity index (χ4n) is 4.29. The van der Waals surface area contributed by atoms with Gasteiger partial charge in [0.05, 0.1) is 17.0 Å². The molecule has 1 aliphatic rings. The number of thioether (sulfide) groups is 1. The number of tetrazole rings is 1. The summed E-state index contributed by atoms with van der Waals surface area (Å²) >= 11 is 1.28. The minimum atomic E-state index is -4.51. The van der Waals surface area contributed by atoms with Gasteiger partial charge in [-0.2, -0.15) is 18.0 Å². The highest BCUT2D eigenvalue weighted by Gasteiger charge is 2.31. The minimum absolute atomic E-state index is 0.00828. The van der Waals surface area contributed by atoms with E-state index in [1.807, 2.05) is 0 Å². The zero-order valence-corrected chi connectivity index (χ0v) is 22.5. The predicted octanol–water partition coefficient (Wildman–Crippen LogP) is 3.55. The van der Waals surface area contributed by atoms with Gasteiger partial charge in [-0.15, -0.1) is 22.0 Å². The molecule has 2 heterocycles. The Morgan fingerprint density at radius 1 is 1.13 bits per heavy atom. The number of nitrogens with two attached hydrogens (primary N) is 1. The second-order valence-electron chi connectivity index (χ2n) is 9.18. The molecule has 15 heteroatoms. The van der Waals surface area contributed by atoms with Crippen LogP contribution in [0.4, 0.5) is 17.6 Å². The van der Waals surface area contributed by atoms with E-state index in [9.17, 15) is 30.8 Å². The first kappa shape index (κ1) is 29.0. The van der Waals surface area contributed by atoms with Gasteiger partial charge in [0, 0.05) is 29.7 Å². The van der Waals surface area contributed by atoms with E-state index >= 15 is 0 Å². The molecule has 2 aromatic carbocycles. The van der Waals surface area contributed by atoms with Crippen LogP contribution in [0.2, 0.25) is 0 Å². The Kier molecular flexibility index (Phi) is 8.61. The number of primary sulfonamides is 1. The molecule has 0 saturated carbocycles. The second kappa shape index (κ2) is 11.6. The van der Waals surface area contributed by atoms with Crippen molar-refractivity contribution in [3.05, 3.63) is 64.7 Å². The van der Waals surface area contributed by atoms with E-state index in [1.54, 1.807) is 11.8 Å². The number of hydrogen-bond donors (Lipinski definition) is 1. The van der Waals surface area contributed by atoms with Crippen molar-refractivity contribution >= 4 is 27.7 Å². The number of sulfonamides is 1. The van der Waals surface area contributed by atoms with E-state index < -0.39 is 27.6 Å². The van der Waals surface area contributed by atoms with E-state index in [0.29, 0.717) is 47.8 Å². The number of halogens is 4. The van der Waals surface area contributed by atoms with Gasteiger partial charge in [0.2, 0.25) is 15.9 Å². The van der Waals surface area contributed by atoms with Gasteiger partial charge in [0.15, 0.2) is 5.82 Å². The van der Waals surface area contributed by atoms with E-state index in [-0.39, 0.29) is 35.4 Å². The number of nitrogens with zero attached hydrogens (tertiary/aromatic N) is 5. The molecule has 0 spiro atoms. The molecule has 1 amide bonds. The number of aromatic nitrogens is 4. The van der Waals surface area contributed by atoms with Gasteiger partial charge >= 0.3 is 6.18 Å². The van der Waals surface area contributed by atoms with E-state index in [4.69, 9.17) is 5.14 Å². The third-order valence-corrected chi connectivity index (χ3v) is 8.63. The maximum atomic E-state index is 14.4. The van der Waals surface area contributed by atoms with Crippen molar-refractivity contribution in [3.63, 3.8) is 0 Å². The summed E-state index contributed by atoms with van der Waals surface area (Å²) in [5, 5.41) is 16.7. The van der Waals surface area contributed by atoms with Crippen LogP contribution in [0.1, 0.15) is 41.8 Å². The number of hydrogen-bond acceptors (Lipinski definition) is 7. The first-order chi connectivity index (χ1) is 18.3. The Labute approximate surface area is 226 Å². The second-order valence-corrected chi connectivity index (χ2v) is 12.1. The summed E-state index contributed by atoms with van der Waals surface area (Å²) in [6, 6.07) is 6.97. The molecular weight excluding hydrogens is 560 g/mol. The quantitative estimate of drug-likeness (QED) is 0.401. The SMILES string of the molecule is Cc1nnn(Cc2cc(C(F)(F)F)ccc2CCC(=O)N2CCC(Sc3ccc(S(N)(=O)=O)cc3F)CC2)n1. The van der Waals surface area contributed by atoms with Crippen molar-refractivity contribution in [2.45, 2.75) is 60.4 Å². The first-order valence-corrected chi connectivity index (χ1v) is 14.4. The Morgan fingerprint density at radius 2 is 1.85 bits per heavy atom. The van der Waals surface area contributed by atoms with Gasteiger partial charge < -0.3 is 4.90 Å². The summed E-state index contributed by atoms with van der Waals surface area (Å²) in [7, 11) is -4.00. The number of carbonyl (C=O) groups excluding carboxylic acids is 1. The minimum Gasteiger partial charge on any atom is -0.343 e. The summed E-state index contributed by atoms with van der Waals surface area (Å²) < 4.78 is 77.1. The Bertz CT molecular complexity index is 1450. The fraction of sp³-hybridized carbons (Fsp3) is 0.417. The molecule has 1 aromatic heterocycles. The average molecular weight is 587 g/mol. The lowest BCUT2D eigenvalue weighted by Gasteiger charge is -2.32. The van der Waals surface area contributed by atoms with E-state index in [2.05, 4.69) is 15.4 Å². The lowest BCUT2D eigenvalue weighted by molar-refractivity contribution is -0.137. The van der Waals surface area contributed by atoms with Crippen LogP contribution in [0.5, 0.6) is 0 Å². The number of carbonyl (C=O) groups is 1. The van der Waals surface area contributed by atoms with Crippen molar-refractivity contribution in [2.24, 2.45) is 5.14 Å². The van der Waals surface area contributed by atoms with Crippen LogP contribution in [0.25, 0.3) is 0 Å². The van der Waals surface area contributed by atoms with Crippen LogP contribution < -0.4 is 5.14 Å². The zero-order chi connectivity index (χ0) is 28.4. The van der Waals surface area contributed by atoms with Gasteiger partial charge in [0.25, 0.3) is 0 Å². The fourth-order valence-corrected chi connectivity index (χ4v) is 5.94. The molecule has 0 radical (unpaired) electrons. The summed E-state index contributed by atoms with van der Waals surface area (Å²) in [5.41, 5.74) is 0.162. The highest BCUT2D eigenvalue weighted by molar-refractivity contribution is 8.00. The van der Waals surface area contributed by atoms with Crippen LogP contribution in [-0.2, 0) is 34.0 Å². The molecule has 1 aliphatic heterocycles. The molecule has 0 bridgehead atoms. The smallest absolute Gasteiger partial charge is 0.343 e. The van der Waals surface area contributed by atoms with Gasteiger partial charge in [0.1, 0.15) is 5.82 Å². The molecule has 0 unspecified atom stereocenters. The summed E-state index contributed by atoms with van der Waals surface area (Å²) in [4.78, 5) is 15.8. The lowest BCUT2D eigenvalue weighted by atomic mass is 9.99. The number of likely N-dealkylation sites (tertiary alicyclic amines) is 1. The Morgan fingerprint density at radius 3 is 2.44 bits per heavy atom.